The number of hydroxylamine groups is 1. The zero-order valence-corrected chi connectivity index (χ0v) is 26.2. The second kappa shape index (κ2) is 13.5. The molecule has 214 valence electrons. The summed E-state index contributed by atoms with van der Waals surface area (Å²) in [5, 5.41) is 3.01. The van der Waals surface area contributed by atoms with E-state index in [1.807, 2.05) is 50.4 Å². The Balaban J connectivity index is 1.59. The third-order valence-electron chi connectivity index (χ3n) is 7.06. The van der Waals surface area contributed by atoms with E-state index in [0.717, 1.165) is 5.56 Å². The number of rotatable bonds is 9. The SMILES string of the molecule is CSC(=N[C@@H]1COC(C)(C)O[C@H]1CO[Si](c1ccccc1)(c1ccccc1)C(C)(C)C)NOCc1ccccc1. The van der Waals surface area contributed by atoms with Crippen LogP contribution in [0.5, 0.6) is 0 Å². The highest BCUT2D eigenvalue weighted by molar-refractivity contribution is 8.13. The van der Waals surface area contributed by atoms with Crippen LogP contribution < -0.4 is 15.9 Å². The lowest BCUT2D eigenvalue weighted by atomic mass is 10.1. The van der Waals surface area contributed by atoms with Gasteiger partial charge in [0, 0.05) is 0 Å². The van der Waals surface area contributed by atoms with Crippen molar-refractivity contribution in [3.63, 3.8) is 0 Å². The fraction of sp³-hybridized carbons (Fsp3) is 0.406. The lowest BCUT2D eigenvalue weighted by molar-refractivity contribution is -0.282. The van der Waals surface area contributed by atoms with Crippen LogP contribution in [0.25, 0.3) is 0 Å². The smallest absolute Gasteiger partial charge is 0.261 e. The maximum absolute atomic E-state index is 7.21. The summed E-state index contributed by atoms with van der Waals surface area (Å²) in [5.74, 6) is -0.734. The number of ether oxygens (including phenoxy) is 2. The molecular weight excluding hydrogens is 537 g/mol. The third kappa shape index (κ3) is 7.43. The Morgan fingerprint density at radius 3 is 2.02 bits per heavy atom. The Morgan fingerprint density at radius 2 is 1.50 bits per heavy atom. The van der Waals surface area contributed by atoms with Gasteiger partial charge in [-0.25, -0.2) is 5.48 Å². The summed E-state index contributed by atoms with van der Waals surface area (Å²) in [5.41, 5.74) is 4.11. The molecule has 1 aliphatic rings. The van der Waals surface area contributed by atoms with Gasteiger partial charge in [-0.15, -0.1) is 0 Å². The predicted molar refractivity (Wildman–Crippen MR) is 168 cm³/mol. The molecule has 6 nitrogen and oxygen atoms in total. The second-order valence-corrected chi connectivity index (χ2v) is 16.5. The van der Waals surface area contributed by atoms with Crippen molar-refractivity contribution in [1.82, 2.24) is 5.48 Å². The molecule has 1 N–H and O–H groups in total. The van der Waals surface area contributed by atoms with Crippen LogP contribution in [0.3, 0.4) is 0 Å². The Bertz CT molecular complexity index is 1180. The minimum absolute atomic E-state index is 0.133. The van der Waals surface area contributed by atoms with Gasteiger partial charge in [0.1, 0.15) is 12.1 Å². The van der Waals surface area contributed by atoms with Crippen LogP contribution in [-0.4, -0.2) is 50.9 Å². The van der Waals surface area contributed by atoms with Crippen molar-refractivity contribution >= 4 is 35.6 Å². The maximum Gasteiger partial charge on any atom is 0.261 e. The lowest BCUT2D eigenvalue weighted by Gasteiger charge is -2.45. The number of benzene rings is 3. The van der Waals surface area contributed by atoms with Crippen molar-refractivity contribution < 1.29 is 18.7 Å². The van der Waals surface area contributed by atoms with Crippen molar-refractivity contribution in [3.05, 3.63) is 96.6 Å². The van der Waals surface area contributed by atoms with E-state index >= 15 is 0 Å². The molecule has 0 radical (unpaired) electrons. The van der Waals surface area contributed by atoms with Gasteiger partial charge in [-0.3, -0.25) is 9.83 Å². The van der Waals surface area contributed by atoms with Gasteiger partial charge in [0.15, 0.2) is 11.0 Å². The maximum atomic E-state index is 7.21. The highest BCUT2D eigenvalue weighted by atomic mass is 32.2. The molecule has 0 aliphatic carbocycles. The molecule has 1 aliphatic heterocycles. The first-order chi connectivity index (χ1) is 19.1. The first-order valence-electron chi connectivity index (χ1n) is 13.7. The Kier molecular flexibility index (Phi) is 10.3. The van der Waals surface area contributed by atoms with Gasteiger partial charge in [-0.1, -0.05) is 124 Å². The molecule has 1 fully saturated rings. The number of thioether (sulfide) groups is 1. The molecule has 0 aromatic heterocycles. The van der Waals surface area contributed by atoms with E-state index in [4.69, 9.17) is 23.7 Å². The summed E-state index contributed by atoms with van der Waals surface area (Å²) in [6.07, 6.45) is 1.67. The van der Waals surface area contributed by atoms with Gasteiger partial charge in [0.05, 0.1) is 19.8 Å². The molecule has 1 heterocycles. The van der Waals surface area contributed by atoms with E-state index in [0.29, 0.717) is 25.0 Å². The molecule has 0 saturated carbocycles. The average molecular weight is 579 g/mol. The molecule has 40 heavy (non-hydrogen) atoms. The zero-order chi connectivity index (χ0) is 28.6. The van der Waals surface area contributed by atoms with E-state index in [2.05, 4.69) is 86.9 Å². The van der Waals surface area contributed by atoms with Crippen LogP contribution in [0.15, 0.2) is 96.0 Å². The molecule has 4 rings (SSSR count). The highest BCUT2D eigenvalue weighted by Crippen LogP contribution is 2.37. The van der Waals surface area contributed by atoms with E-state index in [9.17, 15) is 0 Å². The van der Waals surface area contributed by atoms with Crippen molar-refractivity contribution in [2.75, 3.05) is 19.5 Å². The predicted octanol–water partition coefficient (Wildman–Crippen LogP) is 5.52. The van der Waals surface area contributed by atoms with E-state index in [-0.39, 0.29) is 17.2 Å². The first-order valence-corrected chi connectivity index (χ1v) is 16.9. The van der Waals surface area contributed by atoms with Crippen LogP contribution in [0.1, 0.15) is 40.2 Å². The van der Waals surface area contributed by atoms with Crippen LogP contribution in [0.4, 0.5) is 0 Å². The molecule has 2 atom stereocenters. The standard InChI is InChI=1S/C32H42N2O4SSi/c1-31(2,3)40(26-18-12-8-13-19-26,27-20-14-9-15-21-27)37-24-29-28(23-35-32(4,5)38-29)33-30(39-6)34-36-22-25-16-10-7-11-17-25/h7-21,28-29H,22-24H2,1-6H3,(H,33,34)/t28-,29+/m1/s1. The molecule has 0 amide bonds. The monoisotopic (exact) mass is 578 g/mol. The first kappa shape index (κ1) is 30.5. The normalized spacial score (nSPS) is 19.8. The minimum atomic E-state index is -2.73. The van der Waals surface area contributed by atoms with Gasteiger partial charge in [-0.05, 0) is 41.1 Å². The van der Waals surface area contributed by atoms with Crippen molar-refractivity contribution in [3.8, 4) is 0 Å². The minimum Gasteiger partial charge on any atom is -0.405 e. The van der Waals surface area contributed by atoms with E-state index in [1.165, 1.54) is 22.1 Å². The van der Waals surface area contributed by atoms with Crippen LogP contribution in [-0.2, 0) is 25.3 Å². The van der Waals surface area contributed by atoms with Crippen molar-refractivity contribution in [2.24, 2.45) is 4.99 Å². The van der Waals surface area contributed by atoms with Gasteiger partial charge in [-0.2, -0.15) is 0 Å². The summed E-state index contributed by atoms with van der Waals surface area (Å²) in [6, 6.07) is 31.1. The number of hydrogen-bond acceptors (Lipinski definition) is 6. The molecule has 1 saturated heterocycles. The second-order valence-electron chi connectivity index (χ2n) is 11.4. The summed E-state index contributed by atoms with van der Waals surface area (Å²) in [4.78, 5) is 10.7. The number of aliphatic imine (C=N–C) groups is 1. The molecule has 8 heteroatoms. The summed E-state index contributed by atoms with van der Waals surface area (Å²) >= 11 is 1.49. The number of nitrogens with one attached hydrogen (secondary N) is 1. The van der Waals surface area contributed by atoms with Crippen LogP contribution >= 0.6 is 11.8 Å². The van der Waals surface area contributed by atoms with Gasteiger partial charge >= 0.3 is 0 Å². The topological polar surface area (TPSA) is 61.3 Å². The van der Waals surface area contributed by atoms with Crippen molar-refractivity contribution in [1.29, 1.82) is 0 Å². The molecular formula is C32H42N2O4SSi. The Morgan fingerprint density at radius 1 is 0.950 bits per heavy atom. The van der Waals surface area contributed by atoms with Gasteiger partial charge in [0.25, 0.3) is 8.32 Å². The Labute approximate surface area is 244 Å². The number of nitrogens with zero attached hydrogens (tertiary/aromatic N) is 1. The fourth-order valence-corrected chi connectivity index (χ4v) is 10.1. The number of hydrogen-bond donors (Lipinski definition) is 1. The van der Waals surface area contributed by atoms with Gasteiger partial charge in [0.2, 0.25) is 0 Å². The average Bonchev–Trinajstić information content (AvgIpc) is 2.94. The summed E-state index contributed by atoms with van der Waals surface area (Å²) in [7, 11) is -2.73. The lowest BCUT2D eigenvalue weighted by Crippen LogP contribution is -2.67. The molecule has 0 unspecified atom stereocenters. The number of amidine groups is 1. The largest absolute Gasteiger partial charge is 0.405 e. The van der Waals surface area contributed by atoms with Crippen molar-refractivity contribution in [2.45, 2.75) is 64.2 Å². The molecule has 3 aromatic carbocycles. The molecule has 0 bridgehead atoms. The van der Waals surface area contributed by atoms with E-state index in [1.54, 1.807) is 0 Å². The fourth-order valence-electron chi connectivity index (χ4n) is 5.13. The molecule has 3 aromatic rings. The summed E-state index contributed by atoms with van der Waals surface area (Å²) in [6.45, 7) is 12.0. The molecule has 0 spiro atoms. The van der Waals surface area contributed by atoms with Crippen LogP contribution in [0, 0.1) is 0 Å². The zero-order valence-electron chi connectivity index (χ0n) is 24.4. The third-order valence-corrected chi connectivity index (χ3v) is 12.6. The Hall–Kier alpha value is -2.46. The highest BCUT2D eigenvalue weighted by Gasteiger charge is 2.51. The van der Waals surface area contributed by atoms with Gasteiger partial charge < -0.3 is 13.9 Å². The summed E-state index contributed by atoms with van der Waals surface area (Å²) < 4.78 is 19.7. The van der Waals surface area contributed by atoms with Crippen LogP contribution in [0.2, 0.25) is 5.04 Å². The quantitative estimate of drug-likeness (QED) is 0.156. The van der Waals surface area contributed by atoms with E-state index < -0.39 is 14.1 Å².